The van der Waals surface area contributed by atoms with Crippen molar-refractivity contribution in [3.63, 3.8) is 0 Å². The first-order valence-electron chi connectivity index (χ1n) is 8.71. The molecule has 132 valence electrons. The Morgan fingerprint density at radius 2 is 1.92 bits per heavy atom. The van der Waals surface area contributed by atoms with E-state index in [1.807, 2.05) is 25.1 Å². The molecule has 0 unspecified atom stereocenters. The zero-order valence-corrected chi connectivity index (χ0v) is 14.9. The molecule has 4 heteroatoms. The molecular weight excluding hydrogens is 319 g/mol. The van der Waals surface area contributed by atoms with Crippen molar-refractivity contribution in [1.29, 1.82) is 0 Å². The highest BCUT2D eigenvalue weighted by atomic mass is 19.1. The lowest BCUT2D eigenvalue weighted by atomic mass is 10.1. The molecule has 0 N–H and O–H groups in total. The molecule has 0 radical (unpaired) electrons. The third-order valence-corrected chi connectivity index (χ3v) is 4.56. The first-order chi connectivity index (χ1) is 12.0. The van der Waals surface area contributed by atoms with E-state index in [1.54, 1.807) is 19.9 Å². The van der Waals surface area contributed by atoms with Gasteiger partial charge in [-0.2, -0.15) is 0 Å². The van der Waals surface area contributed by atoms with E-state index in [2.05, 4.69) is 0 Å². The van der Waals surface area contributed by atoms with E-state index in [9.17, 15) is 9.18 Å². The average molecular weight is 342 g/mol. The van der Waals surface area contributed by atoms with E-state index in [4.69, 9.17) is 9.47 Å². The second-order valence-electron chi connectivity index (χ2n) is 6.58. The Labute approximate surface area is 147 Å². The minimum absolute atomic E-state index is 0.237. The van der Waals surface area contributed by atoms with Crippen LogP contribution in [0.2, 0.25) is 0 Å². The molecule has 3 rings (SSSR count). The number of aryl methyl sites for hydroxylation is 2. The topological polar surface area (TPSA) is 35.5 Å². The van der Waals surface area contributed by atoms with Crippen LogP contribution in [0.4, 0.5) is 4.39 Å². The number of benzene rings is 2. The summed E-state index contributed by atoms with van der Waals surface area (Å²) in [6.07, 6.45) is 2.54. The molecule has 0 amide bonds. The van der Waals surface area contributed by atoms with Gasteiger partial charge in [-0.25, -0.2) is 4.39 Å². The molecule has 1 fully saturated rings. The van der Waals surface area contributed by atoms with Crippen molar-refractivity contribution >= 4 is 5.97 Å². The summed E-state index contributed by atoms with van der Waals surface area (Å²) in [5.41, 5.74) is 3.50. The van der Waals surface area contributed by atoms with Crippen LogP contribution in [0.25, 0.3) is 0 Å². The number of carbonyl (C=O) groups is 1. The van der Waals surface area contributed by atoms with E-state index in [-0.39, 0.29) is 18.4 Å². The maximum absolute atomic E-state index is 14.0. The highest BCUT2D eigenvalue weighted by Gasteiger charge is 2.28. The van der Waals surface area contributed by atoms with Crippen LogP contribution < -0.4 is 9.47 Å². The number of hydrogen-bond donors (Lipinski definition) is 0. The third kappa shape index (κ3) is 4.01. The van der Waals surface area contributed by atoms with E-state index >= 15 is 0 Å². The van der Waals surface area contributed by atoms with E-state index < -0.39 is 0 Å². The van der Waals surface area contributed by atoms with Gasteiger partial charge in [-0.1, -0.05) is 19.1 Å². The van der Waals surface area contributed by atoms with Crippen LogP contribution >= 0.6 is 0 Å². The van der Waals surface area contributed by atoms with E-state index in [0.717, 1.165) is 29.5 Å². The van der Waals surface area contributed by atoms with Crippen LogP contribution in [0.5, 0.6) is 11.5 Å². The molecule has 0 atom stereocenters. The van der Waals surface area contributed by atoms with Crippen LogP contribution in [-0.2, 0) is 11.4 Å². The Kier molecular flexibility index (Phi) is 5.07. The smallest absolute Gasteiger partial charge is 0.310 e. The normalized spacial score (nSPS) is 13.6. The molecule has 2 aromatic carbocycles. The molecule has 1 aliphatic rings. The van der Waals surface area contributed by atoms with Gasteiger partial charge in [-0.15, -0.1) is 0 Å². The van der Waals surface area contributed by atoms with Gasteiger partial charge < -0.3 is 9.47 Å². The highest BCUT2D eigenvalue weighted by Crippen LogP contribution is 2.45. The number of rotatable bonds is 6. The second kappa shape index (κ2) is 7.26. The Morgan fingerprint density at radius 3 is 2.60 bits per heavy atom. The molecule has 0 saturated heterocycles. The molecule has 1 saturated carbocycles. The molecule has 0 bridgehead atoms. The molecule has 25 heavy (non-hydrogen) atoms. The van der Waals surface area contributed by atoms with Gasteiger partial charge in [0.25, 0.3) is 0 Å². The number of carbonyl (C=O) groups excluding carboxylic acids is 1. The van der Waals surface area contributed by atoms with Crippen LogP contribution in [-0.4, -0.2) is 5.97 Å². The average Bonchev–Trinajstić information content (AvgIpc) is 3.42. The van der Waals surface area contributed by atoms with Gasteiger partial charge in [0.1, 0.15) is 23.9 Å². The zero-order chi connectivity index (χ0) is 18.0. The number of esters is 1. The van der Waals surface area contributed by atoms with Gasteiger partial charge in [0.15, 0.2) is 0 Å². The van der Waals surface area contributed by atoms with Gasteiger partial charge >= 0.3 is 5.97 Å². The lowest BCUT2D eigenvalue weighted by Crippen LogP contribution is -2.10. The quantitative estimate of drug-likeness (QED) is 0.534. The largest absolute Gasteiger partial charge is 0.488 e. The maximum atomic E-state index is 14.0. The predicted octanol–water partition coefficient (Wildman–Crippen LogP) is 5.21. The molecule has 0 spiro atoms. The van der Waals surface area contributed by atoms with Crippen molar-refractivity contribution in [3.8, 4) is 11.5 Å². The van der Waals surface area contributed by atoms with Gasteiger partial charge in [0.05, 0.1) is 0 Å². The van der Waals surface area contributed by atoms with Crippen molar-refractivity contribution in [3.05, 3.63) is 58.4 Å². The predicted molar refractivity (Wildman–Crippen MR) is 94.5 cm³/mol. The fourth-order valence-electron chi connectivity index (χ4n) is 2.82. The number of ether oxygens (including phenoxy) is 2. The molecule has 0 aromatic heterocycles. The molecule has 1 aliphatic carbocycles. The van der Waals surface area contributed by atoms with Crippen LogP contribution in [0.15, 0.2) is 30.3 Å². The lowest BCUT2D eigenvalue weighted by molar-refractivity contribution is -0.134. The van der Waals surface area contributed by atoms with E-state index in [0.29, 0.717) is 29.4 Å². The van der Waals surface area contributed by atoms with Gasteiger partial charge in [-0.3, -0.25) is 4.79 Å². The monoisotopic (exact) mass is 342 g/mol. The fourth-order valence-corrected chi connectivity index (χ4v) is 2.82. The molecular formula is C21H23FO3. The third-order valence-electron chi connectivity index (χ3n) is 4.56. The van der Waals surface area contributed by atoms with Gasteiger partial charge in [-0.05, 0) is 61.4 Å². The standard InChI is InChI=1S/C21H23FO3/c1-4-21(23)25-19-7-5-6-13(2)17(19)12-24-20-11-18(22)14(3)10-16(20)15-8-9-15/h5-7,10-11,15H,4,8-9,12H2,1-3H3. The summed E-state index contributed by atoms with van der Waals surface area (Å²) in [6, 6.07) is 8.91. The summed E-state index contributed by atoms with van der Waals surface area (Å²) in [6.45, 7) is 5.71. The first kappa shape index (κ1) is 17.5. The Morgan fingerprint density at radius 1 is 1.16 bits per heavy atom. The minimum atomic E-state index is -0.285. The summed E-state index contributed by atoms with van der Waals surface area (Å²) in [5.74, 6) is 1.01. The summed E-state index contributed by atoms with van der Waals surface area (Å²) in [4.78, 5) is 11.6. The summed E-state index contributed by atoms with van der Waals surface area (Å²) >= 11 is 0. The van der Waals surface area contributed by atoms with Crippen LogP contribution in [0.1, 0.15) is 54.4 Å². The van der Waals surface area contributed by atoms with Crippen LogP contribution in [0.3, 0.4) is 0 Å². The van der Waals surface area contributed by atoms with Crippen molar-refractivity contribution in [2.24, 2.45) is 0 Å². The first-order valence-corrected chi connectivity index (χ1v) is 8.71. The van der Waals surface area contributed by atoms with Crippen molar-refractivity contribution in [2.75, 3.05) is 0 Å². The van der Waals surface area contributed by atoms with Crippen molar-refractivity contribution < 1.29 is 18.7 Å². The summed E-state index contributed by atoms with van der Waals surface area (Å²) in [7, 11) is 0. The van der Waals surface area contributed by atoms with Crippen molar-refractivity contribution in [2.45, 2.75) is 52.6 Å². The van der Waals surface area contributed by atoms with Gasteiger partial charge in [0, 0.05) is 18.1 Å². The van der Waals surface area contributed by atoms with Crippen LogP contribution in [0, 0.1) is 19.7 Å². The molecule has 0 aliphatic heterocycles. The Bertz CT molecular complexity index is 794. The Hall–Kier alpha value is -2.36. The molecule has 3 nitrogen and oxygen atoms in total. The number of hydrogen-bond acceptors (Lipinski definition) is 3. The zero-order valence-electron chi connectivity index (χ0n) is 14.9. The highest BCUT2D eigenvalue weighted by molar-refractivity contribution is 5.72. The Balaban J connectivity index is 1.85. The van der Waals surface area contributed by atoms with Gasteiger partial charge in [0.2, 0.25) is 0 Å². The lowest BCUT2D eigenvalue weighted by Gasteiger charge is -2.16. The van der Waals surface area contributed by atoms with Crippen molar-refractivity contribution in [1.82, 2.24) is 0 Å². The second-order valence-corrected chi connectivity index (χ2v) is 6.58. The fraction of sp³-hybridized carbons (Fsp3) is 0.381. The maximum Gasteiger partial charge on any atom is 0.310 e. The molecule has 0 heterocycles. The summed E-state index contributed by atoms with van der Waals surface area (Å²) in [5, 5.41) is 0. The summed E-state index contributed by atoms with van der Waals surface area (Å²) < 4.78 is 25.4. The SMILES string of the molecule is CCC(=O)Oc1cccc(C)c1COc1cc(F)c(C)cc1C1CC1. The number of halogens is 1. The minimum Gasteiger partial charge on any atom is -0.488 e. The van der Waals surface area contributed by atoms with E-state index in [1.165, 1.54) is 6.07 Å². The molecule has 2 aromatic rings.